The highest BCUT2D eigenvalue weighted by molar-refractivity contribution is 6.25. The molecule has 86 valence electrons. The van der Waals surface area contributed by atoms with Crippen LogP contribution in [0.15, 0.2) is 47.9 Å². The quantitative estimate of drug-likeness (QED) is 0.363. The van der Waals surface area contributed by atoms with E-state index in [4.69, 9.17) is 0 Å². The third-order valence-corrected chi connectivity index (χ3v) is 3.39. The second kappa shape index (κ2) is 3.20. The lowest BCUT2D eigenvalue weighted by atomic mass is 10.1. The van der Waals surface area contributed by atoms with Crippen LogP contribution in [0.1, 0.15) is 11.1 Å². The number of H-pyrrole nitrogens is 1. The van der Waals surface area contributed by atoms with Crippen LogP contribution in [-0.4, -0.2) is 20.9 Å². The number of benzene rings is 2. The van der Waals surface area contributed by atoms with Crippen molar-refractivity contribution >= 4 is 16.7 Å². The molecule has 0 bridgehead atoms. The monoisotopic (exact) mass is 235 g/mol. The van der Waals surface area contributed by atoms with Gasteiger partial charge in [0, 0.05) is 11.1 Å². The maximum Gasteiger partial charge on any atom is 0.118 e. The van der Waals surface area contributed by atoms with Crippen molar-refractivity contribution in [3.05, 3.63) is 53.9 Å². The molecule has 4 heteroatoms. The van der Waals surface area contributed by atoms with Gasteiger partial charge in [-0.15, -0.1) is 0 Å². The second-order valence-corrected chi connectivity index (χ2v) is 4.31. The number of imidazole rings is 1. The van der Waals surface area contributed by atoms with Gasteiger partial charge < -0.3 is 10.2 Å². The third kappa shape index (κ3) is 1.04. The van der Waals surface area contributed by atoms with Gasteiger partial charge in [-0.2, -0.15) is 0 Å². The molecule has 0 radical (unpaired) electrons. The predicted octanol–water partition coefficient (Wildman–Crippen LogP) is 2.77. The Balaban J connectivity index is 2.16. The molecule has 1 aliphatic carbocycles. The van der Waals surface area contributed by atoms with E-state index in [1.807, 2.05) is 36.4 Å². The number of nitrogens with one attached hydrogen (secondary N) is 1. The number of rotatable bonds is 0. The first-order valence-corrected chi connectivity index (χ1v) is 5.68. The van der Waals surface area contributed by atoms with Gasteiger partial charge in [0.1, 0.15) is 5.71 Å². The molecule has 4 nitrogen and oxygen atoms in total. The number of fused-ring (bicyclic) bond motifs is 4. The largest absolute Gasteiger partial charge is 0.410 e. The zero-order valence-corrected chi connectivity index (χ0v) is 9.38. The molecule has 4 rings (SSSR count). The number of aromatic amines is 1. The van der Waals surface area contributed by atoms with Crippen LogP contribution < -0.4 is 0 Å². The minimum Gasteiger partial charge on any atom is -0.410 e. The summed E-state index contributed by atoms with van der Waals surface area (Å²) in [7, 11) is 0. The fourth-order valence-electron chi connectivity index (χ4n) is 2.58. The van der Waals surface area contributed by atoms with Crippen molar-refractivity contribution in [3.8, 4) is 11.1 Å². The average molecular weight is 235 g/mol. The number of hydrogen-bond donors (Lipinski definition) is 2. The summed E-state index contributed by atoms with van der Waals surface area (Å²) in [6.45, 7) is 0. The summed E-state index contributed by atoms with van der Waals surface area (Å²) in [6, 6.07) is 11.9. The highest BCUT2D eigenvalue weighted by Crippen LogP contribution is 2.38. The van der Waals surface area contributed by atoms with Crippen LogP contribution in [-0.2, 0) is 0 Å². The van der Waals surface area contributed by atoms with E-state index in [0.29, 0.717) is 5.71 Å². The Hall–Kier alpha value is -2.62. The lowest BCUT2D eigenvalue weighted by Gasteiger charge is -1.99. The molecule has 0 aliphatic heterocycles. The topological polar surface area (TPSA) is 61.3 Å². The lowest BCUT2D eigenvalue weighted by Crippen LogP contribution is -1.97. The first-order chi connectivity index (χ1) is 8.88. The first kappa shape index (κ1) is 9.41. The normalized spacial score (nSPS) is 15.0. The van der Waals surface area contributed by atoms with E-state index < -0.39 is 0 Å². The molecule has 2 aromatic carbocycles. The maximum atomic E-state index is 9.24. The summed E-state index contributed by atoms with van der Waals surface area (Å²) < 4.78 is 0. The first-order valence-electron chi connectivity index (χ1n) is 5.68. The summed E-state index contributed by atoms with van der Waals surface area (Å²) in [5.41, 5.74) is 6.55. The SMILES string of the molecule is O/N=C1/c2ccccc2-c2cc3nc[nH]c3cc21. The zero-order valence-electron chi connectivity index (χ0n) is 9.38. The van der Waals surface area contributed by atoms with Crippen molar-refractivity contribution in [1.29, 1.82) is 0 Å². The van der Waals surface area contributed by atoms with Crippen LogP contribution in [0.3, 0.4) is 0 Å². The summed E-state index contributed by atoms with van der Waals surface area (Å²) in [6.07, 6.45) is 1.67. The Morgan fingerprint density at radius 3 is 2.67 bits per heavy atom. The van der Waals surface area contributed by atoms with E-state index in [-0.39, 0.29) is 0 Å². The molecular formula is C14H9N3O. The maximum absolute atomic E-state index is 9.24. The van der Waals surface area contributed by atoms with E-state index in [0.717, 1.165) is 33.3 Å². The summed E-state index contributed by atoms with van der Waals surface area (Å²) in [5, 5.41) is 12.7. The van der Waals surface area contributed by atoms with Crippen molar-refractivity contribution in [3.63, 3.8) is 0 Å². The van der Waals surface area contributed by atoms with E-state index in [1.165, 1.54) is 0 Å². The van der Waals surface area contributed by atoms with Crippen molar-refractivity contribution in [2.75, 3.05) is 0 Å². The summed E-state index contributed by atoms with van der Waals surface area (Å²) in [4.78, 5) is 7.34. The molecule has 3 aromatic rings. The van der Waals surface area contributed by atoms with Gasteiger partial charge in [-0.3, -0.25) is 0 Å². The Morgan fingerprint density at radius 1 is 1.00 bits per heavy atom. The smallest absolute Gasteiger partial charge is 0.118 e. The molecule has 0 spiro atoms. The molecule has 1 aliphatic rings. The fourth-order valence-corrected chi connectivity index (χ4v) is 2.58. The van der Waals surface area contributed by atoms with Crippen molar-refractivity contribution in [1.82, 2.24) is 9.97 Å². The highest BCUT2D eigenvalue weighted by Gasteiger charge is 2.25. The molecule has 0 fully saturated rings. The van der Waals surface area contributed by atoms with Crippen molar-refractivity contribution in [2.45, 2.75) is 0 Å². The Morgan fingerprint density at radius 2 is 1.83 bits per heavy atom. The molecule has 1 heterocycles. The summed E-state index contributed by atoms with van der Waals surface area (Å²) >= 11 is 0. The van der Waals surface area contributed by atoms with Gasteiger partial charge in [0.25, 0.3) is 0 Å². The van der Waals surface area contributed by atoms with Crippen LogP contribution >= 0.6 is 0 Å². The van der Waals surface area contributed by atoms with Gasteiger partial charge in [-0.1, -0.05) is 29.4 Å². The Kier molecular flexibility index (Phi) is 1.67. The van der Waals surface area contributed by atoms with Crippen LogP contribution in [0.25, 0.3) is 22.2 Å². The van der Waals surface area contributed by atoms with E-state index >= 15 is 0 Å². The highest BCUT2D eigenvalue weighted by atomic mass is 16.4. The van der Waals surface area contributed by atoms with Gasteiger partial charge >= 0.3 is 0 Å². The number of oxime groups is 1. The predicted molar refractivity (Wildman–Crippen MR) is 69.0 cm³/mol. The number of aromatic nitrogens is 2. The Bertz CT molecular complexity index is 802. The minimum absolute atomic E-state index is 0.622. The molecular weight excluding hydrogens is 226 g/mol. The standard InChI is InChI=1S/C14H9N3O/c18-17-14-9-4-2-1-3-8(9)10-5-12-13(6-11(10)14)16-7-15-12/h1-7,18H,(H,15,16)/b17-14-. The van der Waals surface area contributed by atoms with Crippen molar-refractivity contribution < 1.29 is 5.21 Å². The van der Waals surface area contributed by atoms with Gasteiger partial charge in [-0.25, -0.2) is 4.98 Å². The molecule has 0 atom stereocenters. The molecule has 18 heavy (non-hydrogen) atoms. The summed E-state index contributed by atoms with van der Waals surface area (Å²) in [5.74, 6) is 0. The average Bonchev–Trinajstić information content (AvgIpc) is 2.97. The minimum atomic E-state index is 0.622. The molecule has 2 N–H and O–H groups in total. The van der Waals surface area contributed by atoms with E-state index in [2.05, 4.69) is 15.1 Å². The van der Waals surface area contributed by atoms with Gasteiger partial charge in [0.2, 0.25) is 0 Å². The van der Waals surface area contributed by atoms with Crippen molar-refractivity contribution in [2.24, 2.45) is 5.16 Å². The van der Waals surface area contributed by atoms with Crippen LogP contribution in [0.5, 0.6) is 0 Å². The second-order valence-electron chi connectivity index (χ2n) is 4.31. The van der Waals surface area contributed by atoms with E-state index in [9.17, 15) is 5.21 Å². The van der Waals surface area contributed by atoms with E-state index in [1.54, 1.807) is 6.33 Å². The molecule has 0 unspecified atom stereocenters. The zero-order chi connectivity index (χ0) is 12.1. The van der Waals surface area contributed by atoms with Gasteiger partial charge in [0.15, 0.2) is 0 Å². The van der Waals surface area contributed by atoms with Crippen LogP contribution in [0, 0.1) is 0 Å². The molecule has 0 saturated carbocycles. The molecule has 1 aromatic heterocycles. The number of hydrogen-bond acceptors (Lipinski definition) is 3. The third-order valence-electron chi connectivity index (χ3n) is 3.39. The van der Waals surface area contributed by atoms with Crippen LogP contribution in [0.4, 0.5) is 0 Å². The van der Waals surface area contributed by atoms with Gasteiger partial charge in [-0.05, 0) is 23.3 Å². The molecule has 0 saturated heterocycles. The Labute approximate surface area is 103 Å². The van der Waals surface area contributed by atoms with Gasteiger partial charge in [0.05, 0.1) is 17.4 Å². The fraction of sp³-hybridized carbons (Fsp3) is 0. The molecule has 0 amide bonds. The van der Waals surface area contributed by atoms with Crippen LogP contribution in [0.2, 0.25) is 0 Å². The number of nitrogens with zero attached hydrogens (tertiary/aromatic N) is 2. The lowest BCUT2D eigenvalue weighted by molar-refractivity contribution is 0.320.